The molecule has 0 unspecified atom stereocenters. The van der Waals surface area contributed by atoms with Crippen molar-refractivity contribution in [1.29, 1.82) is 0 Å². The highest BCUT2D eigenvalue weighted by molar-refractivity contribution is 6.30. The van der Waals surface area contributed by atoms with Crippen LogP contribution in [0.1, 0.15) is 13.8 Å². The summed E-state index contributed by atoms with van der Waals surface area (Å²) in [6, 6.07) is 3.92. The summed E-state index contributed by atoms with van der Waals surface area (Å²) in [4.78, 5) is 11.5. The summed E-state index contributed by atoms with van der Waals surface area (Å²) in [7, 11) is 0. The largest absolute Gasteiger partial charge is 0.322 e. The van der Waals surface area contributed by atoms with Crippen LogP contribution in [0.25, 0.3) is 0 Å². The van der Waals surface area contributed by atoms with E-state index in [2.05, 4.69) is 5.32 Å². The van der Waals surface area contributed by atoms with Crippen LogP contribution >= 0.6 is 11.6 Å². The van der Waals surface area contributed by atoms with E-state index in [9.17, 15) is 9.18 Å². The first-order valence-electron chi connectivity index (χ1n) is 4.36. The molecule has 0 aliphatic rings. The first-order valence-corrected chi connectivity index (χ1v) is 4.74. The third-order valence-electron chi connectivity index (χ3n) is 1.76. The fourth-order valence-electron chi connectivity index (χ4n) is 0.877. The monoisotopic (exact) mass is 230 g/mol. The summed E-state index contributed by atoms with van der Waals surface area (Å²) in [5, 5.41) is 2.72. The van der Waals surface area contributed by atoms with Gasteiger partial charge in [0, 0.05) is 5.02 Å². The molecule has 3 N–H and O–H groups in total. The third kappa shape index (κ3) is 3.18. The molecule has 0 aliphatic carbocycles. The van der Waals surface area contributed by atoms with Gasteiger partial charge in [0.25, 0.3) is 0 Å². The van der Waals surface area contributed by atoms with Crippen LogP contribution in [0.5, 0.6) is 0 Å². The van der Waals surface area contributed by atoms with Crippen LogP contribution < -0.4 is 11.1 Å². The highest BCUT2D eigenvalue weighted by Crippen LogP contribution is 2.20. The molecule has 0 saturated heterocycles. The maximum absolute atomic E-state index is 13.2. The Kier molecular flexibility index (Phi) is 3.31. The quantitative estimate of drug-likeness (QED) is 0.818. The van der Waals surface area contributed by atoms with Gasteiger partial charge in [0.05, 0.1) is 11.2 Å². The molecule has 0 fully saturated rings. The number of carbonyl (C=O) groups is 1. The molecule has 1 aromatic carbocycles. The van der Waals surface area contributed by atoms with E-state index in [4.69, 9.17) is 17.3 Å². The predicted molar refractivity (Wildman–Crippen MR) is 58.3 cm³/mol. The second-order valence-corrected chi connectivity index (χ2v) is 4.24. The number of nitrogens with two attached hydrogens (primary N) is 1. The van der Waals surface area contributed by atoms with E-state index in [1.165, 1.54) is 32.0 Å². The van der Waals surface area contributed by atoms with Crippen LogP contribution in [0.3, 0.4) is 0 Å². The topological polar surface area (TPSA) is 55.1 Å². The van der Waals surface area contributed by atoms with Gasteiger partial charge in [0.1, 0.15) is 5.82 Å². The lowest BCUT2D eigenvalue weighted by Gasteiger charge is -2.18. The van der Waals surface area contributed by atoms with Gasteiger partial charge in [-0.2, -0.15) is 0 Å². The maximum atomic E-state index is 13.2. The lowest BCUT2D eigenvalue weighted by atomic mass is 10.1. The molecular formula is C10H12ClFN2O. The zero-order valence-corrected chi connectivity index (χ0v) is 9.23. The molecule has 82 valence electrons. The number of hydrogen-bond acceptors (Lipinski definition) is 2. The van der Waals surface area contributed by atoms with E-state index >= 15 is 0 Å². The number of rotatable bonds is 2. The summed E-state index contributed by atoms with van der Waals surface area (Å²) >= 11 is 5.67. The van der Waals surface area contributed by atoms with Crippen LogP contribution in [0.15, 0.2) is 18.2 Å². The fourth-order valence-corrected chi connectivity index (χ4v) is 1.05. The molecule has 1 aromatic rings. The number of halogens is 2. The molecule has 0 saturated carbocycles. The number of anilines is 1. The summed E-state index contributed by atoms with van der Waals surface area (Å²) in [5.41, 5.74) is 4.52. The first-order chi connectivity index (χ1) is 6.80. The molecule has 0 bridgehead atoms. The van der Waals surface area contributed by atoms with E-state index in [1.54, 1.807) is 0 Å². The third-order valence-corrected chi connectivity index (χ3v) is 2.00. The van der Waals surface area contributed by atoms with Gasteiger partial charge in [-0.05, 0) is 32.0 Å². The second-order valence-electron chi connectivity index (χ2n) is 3.80. The fraction of sp³-hybridized carbons (Fsp3) is 0.300. The molecule has 0 aromatic heterocycles. The van der Waals surface area contributed by atoms with Gasteiger partial charge in [-0.1, -0.05) is 11.6 Å². The van der Waals surface area contributed by atoms with Gasteiger partial charge in [-0.25, -0.2) is 4.39 Å². The molecule has 3 nitrogen and oxygen atoms in total. The van der Waals surface area contributed by atoms with Crippen molar-refractivity contribution in [3.8, 4) is 0 Å². The molecule has 0 heterocycles. The van der Waals surface area contributed by atoms with Gasteiger partial charge in [-0.3, -0.25) is 4.79 Å². The molecule has 1 amide bonds. The van der Waals surface area contributed by atoms with Crippen LogP contribution in [0.4, 0.5) is 10.1 Å². The highest BCUT2D eigenvalue weighted by atomic mass is 35.5. The summed E-state index contributed by atoms with van der Waals surface area (Å²) in [6.07, 6.45) is 0. The molecule has 0 atom stereocenters. The van der Waals surface area contributed by atoms with Crippen LogP contribution in [0, 0.1) is 5.82 Å². The van der Waals surface area contributed by atoms with E-state index in [-0.39, 0.29) is 5.69 Å². The number of amides is 1. The first kappa shape index (κ1) is 11.9. The summed E-state index contributed by atoms with van der Waals surface area (Å²) < 4.78 is 13.2. The zero-order chi connectivity index (χ0) is 11.6. The van der Waals surface area contributed by atoms with Gasteiger partial charge in [0.2, 0.25) is 5.91 Å². The SMILES string of the molecule is CC(C)(N)C(=O)Nc1cc(Cl)ccc1F. The highest BCUT2D eigenvalue weighted by Gasteiger charge is 2.22. The Morgan fingerprint density at radius 2 is 2.13 bits per heavy atom. The number of carbonyl (C=O) groups excluding carboxylic acids is 1. The Balaban J connectivity index is 2.90. The van der Waals surface area contributed by atoms with Crippen molar-refractivity contribution in [1.82, 2.24) is 0 Å². The van der Waals surface area contributed by atoms with E-state index < -0.39 is 17.3 Å². The van der Waals surface area contributed by atoms with Gasteiger partial charge in [-0.15, -0.1) is 0 Å². The standard InChI is InChI=1S/C10H12ClFN2O/c1-10(2,13)9(15)14-8-5-6(11)3-4-7(8)12/h3-5H,13H2,1-2H3,(H,14,15). The van der Waals surface area contributed by atoms with Crippen molar-refractivity contribution >= 4 is 23.2 Å². The predicted octanol–water partition coefficient (Wildman–Crippen LogP) is 2.15. The van der Waals surface area contributed by atoms with Crippen molar-refractivity contribution < 1.29 is 9.18 Å². The Morgan fingerprint density at radius 3 is 2.67 bits per heavy atom. The van der Waals surface area contributed by atoms with Crippen molar-refractivity contribution in [3.63, 3.8) is 0 Å². The van der Waals surface area contributed by atoms with Crippen molar-refractivity contribution in [2.45, 2.75) is 19.4 Å². The Morgan fingerprint density at radius 1 is 1.53 bits per heavy atom. The van der Waals surface area contributed by atoms with Crippen LogP contribution in [-0.2, 0) is 4.79 Å². The number of nitrogens with one attached hydrogen (secondary N) is 1. The molecule has 0 spiro atoms. The van der Waals surface area contributed by atoms with Crippen LogP contribution in [0.2, 0.25) is 5.02 Å². The molecule has 5 heteroatoms. The molecular weight excluding hydrogens is 219 g/mol. The van der Waals surface area contributed by atoms with E-state index in [0.717, 1.165) is 0 Å². The number of hydrogen-bond donors (Lipinski definition) is 2. The lowest BCUT2D eigenvalue weighted by Crippen LogP contribution is -2.45. The minimum Gasteiger partial charge on any atom is -0.322 e. The molecule has 15 heavy (non-hydrogen) atoms. The Hall–Kier alpha value is -1.13. The average molecular weight is 231 g/mol. The molecule has 1 rings (SSSR count). The lowest BCUT2D eigenvalue weighted by molar-refractivity contribution is -0.120. The van der Waals surface area contributed by atoms with Gasteiger partial charge in [0.15, 0.2) is 0 Å². The molecule has 0 aliphatic heterocycles. The van der Waals surface area contributed by atoms with Crippen molar-refractivity contribution in [2.75, 3.05) is 5.32 Å². The maximum Gasteiger partial charge on any atom is 0.243 e. The van der Waals surface area contributed by atoms with Gasteiger partial charge >= 0.3 is 0 Å². The minimum absolute atomic E-state index is 0.0334. The van der Waals surface area contributed by atoms with Crippen LogP contribution in [-0.4, -0.2) is 11.4 Å². The zero-order valence-electron chi connectivity index (χ0n) is 8.47. The normalized spacial score (nSPS) is 11.3. The summed E-state index contributed by atoms with van der Waals surface area (Å²) in [5.74, 6) is -1.01. The smallest absolute Gasteiger partial charge is 0.243 e. The number of benzene rings is 1. The average Bonchev–Trinajstić information content (AvgIpc) is 2.09. The van der Waals surface area contributed by atoms with E-state index in [0.29, 0.717) is 5.02 Å². The second kappa shape index (κ2) is 4.16. The van der Waals surface area contributed by atoms with E-state index in [1.807, 2.05) is 0 Å². The minimum atomic E-state index is -1.06. The molecule has 0 radical (unpaired) electrons. The van der Waals surface area contributed by atoms with Crippen molar-refractivity contribution in [3.05, 3.63) is 29.0 Å². The van der Waals surface area contributed by atoms with Gasteiger partial charge < -0.3 is 11.1 Å². The van der Waals surface area contributed by atoms with Crippen molar-refractivity contribution in [2.24, 2.45) is 5.73 Å². The summed E-state index contributed by atoms with van der Waals surface area (Å²) in [6.45, 7) is 3.07. The Bertz CT molecular complexity index is 387. The Labute approximate surface area is 92.4 Å².